The first-order valence-corrected chi connectivity index (χ1v) is 7.39. The minimum Gasteiger partial charge on any atom is -0.487 e. The molecule has 1 fully saturated rings. The van der Waals surface area contributed by atoms with Crippen LogP contribution in [-0.4, -0.2) is 16.7 Å². The lowest BCUT2D eigenvalue weighted by Gasteiger charge is -2.39. The van der Waals surface area contributed by atoms with Crippen LogP contribution in [0.15, 0.2) is 16.6 Å². The van der Waals surface area contributed by atoms with E-state index < -0.39 is 11.4 Å². The van der Waals surface area contributed by atoms with Crippen molar-refractivity contribution in [3.63, 3.8) is 0 Å². The summed E-state index contributed by atoms with van der Waals surface area (Å²) in [6, 6.07) is 3.97. The summed E-state index contributed by atoms with van der Waals surface area (Å²) in [5.41, 5.74) is 0.971. The SMILES string of the molecule is CC1(C)Cc2cc(Br)cc(C3(C(=O)O)CCC3)c2O1. The summed E-state index contributed by atoms with van der Waals surface area (Å²) in [7, 11) is 0. The smallest absolute Gasteiger partial charge is 0.314 e. The molecule has 19 heavy (non-hydrogen) atoms. The van der Waals surface area contributed by atoms with E-state index in [-0.39, 0.29) is 5.60 Å². The van der Waals surface area contributed by atoms with Crippen LogP contribution in [0.2, 0.25) is 0 Å². The molecule has 0 atom stereocenters. The first-order valence-electron chi connectivity index (χ1n) is 6.59. The van der Waals surface area contributed by atoms with E-state index in [4.69, 9.17) is 4.74 Å². The number of carboxylic acids is 1. The van der Waals surface area contributed by atoms with Gasteiger partial charge in [-0.1, -0.05) is 22.4 Å². The van der Waals surface area contributed by atoms with E-state index in [1.54, 1.807) is 0 Å². The predicted octanol–water partition coefficient (Wildman–Crippen LogP) is 3.67. The summed E-state index contributed by atoms with van der Waals surface area (Å²) in [4.78, 5) is 11.7. The number of fused-ring (bicyclic) bond motifs is 1. The van der Waals surface area contributed by atoms with Gasteiger partial charge in [-0.15, -0.1) is 0 Å². The third-order valence-corrected chi connectivity index (χ3v) is 4.72. The minimum absolute atomic E-state index is 0.249. The highest BCUT2D eigenvalue weighted by atomic mass is 79.9. The van der Waals surface area contributed by atoms with E-state index in [0.717, 1.165) is 34.2 Å². The topological polar surface area (TPSA) is 46.5 Å². The first-order chi connectivity index (χ1) is 8.84. The van der Waals surface area contributed by atoms with Gasteiger partial charge in [0.05, 0.1) is 5.41 Å². The Labute approximate surface area is 121 Å². The van der Waals surface area contributed by atoms with Crippen molar-refractivity contribution in [2.24, 2.45) is 0 Å². The van der Waals surface area contributed by atoms with E-state index in [1.807, 2.05) is 26.0 Å². The molecule has 4 heteroatoms. The molecule has 1 aliphatic carbocycles. The second kappa shape index (κ2) is 3.98. The zero-order chi connectivity index (χ0) is 13.8. The fraction of sp³-hybridized carbons (Fsp3) is 0.533. The van der Waals surface area contributed by atoms with Gasteiger partial charge in [0.1, 0.15) is 11.4 Å². The number of carbonyl (C=O) groups is 1. The van der Waals surface area contributed by atoms with Gasteiger partial charge < -0.3 is 9.84 Å². The lowest BCUT2D eigenvalue weighted by atomic mass is 9.64. The van der Waals surface area contributed by atoms with Crippen LogP contribution in [0.4, 0.5) is 0 Å². The van der Waals surface area contributed by atoms with Gasteiger partial charge in [-0.3, -0.25) is 4.79 Å². The van der Waals surface area contributed by atoms with Crippen LogP contribution in [0.1, 0.15) is 44.2 Å². The zero-order valence-electron chi connectivity index (χ0n) is 11.1. The molecule has 0 amide bonds. The summed E-state index contributed by atoms with van der Waals surface area (Å²) < 4.78 is 6.97. The van der Waals surface area contributed by atoms with Gasteiger partial charge in [0, 0.05) is 16.5 Å². The fourth-order valence-electron chi connectivity index (χ4n) is 3.16. The lowest BCUT2D eigenvalue weighted by molar-refractivity contribution is -0.147. The number of hydrogen-bond donors (Lipinski definition) is 1. The number of aliphatic carboxylic acids is 1. The average Bonchev–Trinajstić information content (AvgIpc) is 2.49. The highest BCUT2D eigenvalue weighted by Crippen LogP contribution is 2.51. The number of carboxylic acid groups (broad SMARTS) is 1. The number of hydrogen-bond acceptors (Lipinski definition) is 2. The Morgan fingerprint density at radius 3 is 2.58 bits per heavy atom. The molecule has 0 aromatic heterocycles. The van der Waals surface area contributed by atoms with Crippen molar-refractivity contribution in [3.05, 3.63) is 27.7 Å². The van der Waals surface area contributed by atoms with Gasteiger partial charge >= 0.3 is 5.97 Å². The first kappa shape index (κ1) is 13.0. The normalized spacial score (nSPS) is 22.3. The van der Waals surface area contributed by atoms with Gasteiger partial charge in [-0.25, -0.2) is 0 Å². The molecule has 1 aromatic rings. The number of ether oxygens (including phenoxy) is 1. The van der Waals surface area contributed by atoms with Gasteiger partial charge in [-0.2, -0.15) is 0 Å². The highest BCUT2D eigenvalue weighted by Gasteiger charge is 2.49. The predicted molar refractivity (Wildman–Crippen MR) is 75.7 cm³/mol. The summed E-state index contributed by atoms with van der Waals surface area (Å²) in [5, 5.41) is 9.62. The van der Waals surface area contributed by atoms with Crippen molar-refractivity contribution >= 4 is 21.9 Å². The molecular weight excluding hydrogens is 308 g/mol. The van der Waals surface area contributed by atoms with Gasteiger partial charge in [0.25, 0.3) is 0 Å². The zero-order valence-corrected chi connectivity index (χ0v) is 12.7. The number of benzene rings is 1. The molecule has 1 aliphatic heterocycles. The van der Waals surface area contributed by atoms with Crippen molar-refractivity contribution in [1.29, 1.82) is 0 Å². The molecular formula is C15H17BrO3. The molecule has 0 radical (unpaired) electrons. The Kier molecular flexibility index (Phi) is 2.72. The van der Waals surface area contributed by atoms with E-state index in [1.165, 1.54) is 0 Å². The maximum atomic E-state index is 11.7. The van der Waals surface area contributed by atoms with Gasteiger partial charge in [0.2, 0.25) is 0 Å². The summed E-state index contributed by atoms with van der Waals surface area (Å²) >= 11 is 3.50. The van der Waals surface area contributed by atoms with E-state index >= 15 is 0 Å². The van der Waals surface area contributed by atoms with Crippen LogP contribution >= 0.6 is 15.9 Å². The van der Waals surface area contributed by atoms with Crippen LogP contribution in [0.5, 0.6) is 5.75 Å². The van der Waals surface area contributed by atoms with Crippen LogP contribution in [-0.2, 0) is 16.6 Å². The monoisotopic (exact) mass is 324 g/mol. The summed E-state index contributed by atoms with van der Waals surface area (Å²) in [6.07, 6.45) is 3.20. The van der Waals surface area contributed by atoms with Crippen molar-refractivity contribution in [3.8, 4) is 5.75 Å². The molecule has 2 aliphatic rings. The Hall–Kier alpha value is -1.03. The number of halogens is 1. The molecule has 1 N–H and O–H groups in total. The van der Waals surface area contributed by atoms with Gasteiger partial charge in [0.15, 0.2) is 0 Å². The average molecular weight is 325 g/mol. The molecule has 0 spiro atoms. The number of rotatable bonds is 2. The van der Waals surface area contributed by atoms with Crippen LogP contribution < -0.4 is 4.74 Å². The minimum atomic E-state index is -0.742. The lowest BCUT2D eigenvalue weighted by Crippen LogP contribution is -2.42. The molecule has 1 heterocycles. The molecule has 102 valence electrons. The Balaban J connectivity index is 2.16. The maximum absolute atomic E-state index is 11.7. The van der Waals surface area contributed by atoms with Crippen LogP contribution in [0.25, 0.3) is 0 Å². The molecule has 1 saturated carbocycles. The van der Waals surface area contributed by atoms with Crippen LogP contribution in [0.3, 0.4) is 0 Å². The van der Waals surface area contributed by atoms with Crippen molar-refractivity contribution in [1.82, 2.24) is 0 Å². The summed E-state index contributed by atoms with van der Waals surface area (Å²) in [6.45, 7) is 4.08. The molecule has 0 bridgehead atoms. The Bertz CT molecular complexity index is 559. The Morgan fingerprint density at radius 1 is 1.37 bits per heavy atom. The van der Waals surface area contributed by atoms with E-state index in [2.05, 4.69) is 15.9 Å². The summed E-state index contributed by atoms with van der Waals surface area (Å²) in [5.74, 6) is 0.0719. The second-order valence-corrected chi connectivity index (χ2v) is 7.14. The Morgan fingerprint density at radius 2 is 2.05 bits per heavy atom. The largest absolute Gasteiger partial charge is 0.487 e. The maximum Gasteiger partial charge on any atom is 0.314 e. The van der Waals surface area contributed by atoms with E-state index in [9.17, 15) is 9.90 Å². The molecule has 0 saturated heterocycles. The molecule has 3 nitrogen and oxygen atoms in total. The standard InChI is InChI=1S/C15H17BrO3/c1-14(2)8-9-6-10(16)7-11(12(9)19-14)15(13(17)18)4-3-5-15/h6-7H,3-5,8H2,1-2H3,(H,17,18). The van der Waals surface area contributed by atoms with Crippen molar-refractivity contribution < 1.29 is 14.6 Å². The molecule has 0 unspecified atom stereocenters. The second-order valence-electron chi connectivity index (χ2n) is 6.22. The molecule has 3 rings (SSSR count). The van der Waals surface area contributed by atoms with Crippen molar-refractivity contribution in [2.45, 2.75) is 50.5 Å². The van der Waals surface area contributed by atoms with Gasteiger partial charge in [-0.05, 0) is 44.4 Å². The van der Waals surface area contributed by atoms with Crippen LogP contribution in [0, 0.1) is 0 Å². The fourth-order valence-corrected chi connectivity index (χ4v) is 3.66. The third-order valence-electron chi connectivity index (χ3n) is 4.26. The highest BCUT2D eigenvalue weighted by molar-refractivity contribution is 9.10. The third kappa shape index (κ3) is 1.88. The van der Waals surface area contributed by atoms with Crippen molar-refractivity contribution in [2.75, 3.05) is 0 Å². The van der Waals surface area contributed by atoms with E-state index in [0.29, 0.717) is 12.8 Å². The molecule has 1 aromatic carbocycles. The quantitative estimate of drug-likeness (QED) is 0.902.